The third-order valence-electron chi connectivity index (χ3n) is 6.40. The first-order valence-corrected chi connectivity index (χ1v) is 12.5. The summed E-state index contributed by atoms with van der Waals surface area (Å²) in [6.07, 6.45) is 2.07. The lowest BCUT2D eigenvalue weighted by Gasteiger charge is -2.19. The lowest BCUT2D eigenvalue weighted by atomic mass is 9.95. The van der Waals surface area contributed by atoms with E-state index in [-0.39, 0.29) is 29.5 Å². The van der Waals surface area contributed by atoms with E-state index in [1.165, 1.54) is 13.0 Å². The van der Waals surface area contributed by atoms with Crippen molar-refractivity contribution < 1.29 is 23.8 Å². The molecule has 9 nitrogen and oxygen atoms in total. The van der Waals surface area contributed by atoms with Gasteiger partial charge in [-0.1, -0.05) is 19.9 Å². The van der Waals surface area contributed by atoms with Crippen LogP contribution in [0.25, 0.3) is 11.1 Å². The molecule has 0 radical (unpaired) electrons. The van der Waals surface area contributed by atoms with Crippen LogP contribution in [-0.4, -0.2) is 46.2 Å². The van der Waals surface area contributed by atoms with E-state index in [1.807, 2.05) is 12.1 Å². The topological polar surface area (TPSA) is 115 Å². The Bertz CT molecular complexity index is 1210. The number of hydrogen-bond donors (Lipinski definition) is 3. The molecule has 0 fully saturated rings. The molecule has 0 spiro atoms. The Balaban J connectivity index is 2.10. The lowest BCUT2D eigenvalue weighted by molar-refractivity contribution is -0.120. The molecule has 0 heterocycles. The number of ether oxygens (including phenoxy) is 3. The highest BCUT2D eigenvalue weighted by Gasteiger charge is 2.29. The molecule has 2 aromatic rings. The van der Waals surface area contributed by atoms with Gasteiger partial charge in [-0.3, -0.25) is 14.4 Å². The molecule has 1 aliphatic carbocycles. The van der Waals surface area contributed by atoms with E-state index in [0.717, 1.165) is 23.1 Å². The molecule has 3 rings (SSSR count). The molecule has 200 valence electrons. The Labute approximate surface area is 217 Å². The van der Waals surface area contributed by atoms with Gasteiger partial charge in [-0.25, -0.2) is 0 Å². The maximum atomic E-state index is 13.3. The summed E-state index contributed by atoms with van der Waals surface area (Å²) in [5.41, 5.74) is 3.12. The first kappa shape index (κ1) is 27.8. The number of hydrogen-bond acceptors (Lipinski definition) is 7. The summed E-state index contributed by atoms with van der Waals surface area (Å²) >= 11 is 0. The van der Waals surface area contributed by atoms with Crippen molar-refractivity contribution in [1.29, 1.82) is 0 Å². The van der Waals surface area contributed by atoms with Crippen molar-refractivity contribution in [2.75, 3.05) is 39.7 Å². The summed E-state index contributed by atoms with van der Waals surface area (Å²) in [4.78, 5) is 37.6. The van der Waals surface area contributed by atoms with E-state index in [4.69, 9.17) is 14.2 Å². The first-order valence-electron chi connectivity index (χ1n) is 12.5. The average Bonchev–Trinajstić information content (AvgIpc) is 3.09. The molecule has 0 aliphatic heterocycles. The van der Waals surface area contributed by atoms with Gasteiger partial charge in [0.1, 0.15) is 0 Å². The molecule has 37 heavy (non-hydrogen) atoms. The van der Waals surface area contributed by atoms with Crippen LogP contribution in [0.1, 0.15) is 50.8 Å². The van der Waals surface area contributed by atoms with Crippen LogP contribution in [0.3, 0.4) is 0 Å². The molecule has 0 saturated heterocycles. The number of amides is 2. The molecule has 0 saturated carbocycles. The van der Waals surface area contributed by atoms with Crippen LogP contribution in [0.2, 0.25) is 0 Å². The Kier molecular flexibility index (Phi) is 9.38. The van der Waals surface area contributed by atoms with E-state index >= 15 is 0 Å². The number of aryl methyl sites for hydroxylation is 1. The minimum Gasteiger partial charge on any atom is -0.493 e. The smallest absolute Gasteiger partial charge is 0.239 e. The van der Waals surface area contributed by atoms with Crippen molar-refractivity contribution in [3.8, 4) is 28.4 Å². The van der Waals surface area contributed by atoms with E-state index in [0.29, 0.717) is 48.1 Å². The molecule has 1 aliphatic rings. The zero-order valence-electron chi connectivity index (χ0n) is 22.4. The minimum atomic E-state index is -0.395. The average molecular weight is 512 g/mol. The van der Waals surface area contributed by atoms with Gasteiger partial charge < -0.3 is 30.2 Å². The van der Waals surface area contributed by atoms with Crippen molar-refractivity contribution in [2.45, 2.75) is 46.1 Å². The van der Waals surface area contributed by atoms with E-state index < -0.39 is 6.04 Å². The van der Waals surface area contributed by atoms with Gasteiger partial charge in [-0.05, 0) is 60.1 Å². The van der Waals surface area contributed by atoms with Crippen LogP contribution in [0.5, 0.6) is 17.2 Å². The summed E-state index contributed by atoms with van der Waals surface area (Å²) in [7, 11) is 4.66. The molecule has 3 N–H and O–H groups in total. The number of nitrogens with one attached hydrogen (secondary N) is 3. The van der Waals surface area contributed by atoms with Gasteiger partial charge in [-0.2, -0.15) is 0 Å². The predicted molar refractivity (Wildman–Crippen MR) is 144 cm³/mol. The minimum absolute atomic E-state index is 0.0257. The number of carbonyl (C=O) groups is 2. The van der Waals surface area contributed by atoms with Gasteiger partial charge in [0.15, 0.2) is 11.5 Å². The fourth-order valence-electron chi connectivity index (χ4n) is 4.59. The fraction of sp³-hybridized carbons (Fsp3) is 0.464. The molecule has 1 atom stereocenters. The Morgan fingerprint density at radius 1 is 1.05 bits per heavy atom. The summed E-state index contributed by atoms with van der Waals surface area (Å²) < 4.78 is 17.0. The van der Waals surface area contributed by atoms with Crippen molar-refractivity contribution in [3.63, 3.8) is 0 Å². The zero-order valence-corrected chi connectivity index (χ0v) is 22.4. The third-order valence-corrected chi connectivity index (χ3v) is 6.40. The number of anilines is 1. The standard InChI is InChI=1S/C28H37N3O6/c1-16(2)11-12-29-25(34)15-30-22-10-8-19-20(14-23(22)33)21(31-17(3)32)9-7-18-13-24(35-4)27(36-5)28(37-6)26(18)19/h8,10,13-14,16,21H,7,9,11-12,15H2,1-6H3,(H,29,34)(H,30,33)(H,31,32)/t21-/m1/s1. The van der Waals surface area contributed by atoms with E-state index in [9.17, 15) is 14.4 Å². The number of methoxy groups -OCH3 is 3. The second kappa shape index (κ2) is 12.5. The number of fused-ring (bicyclic) bond motifs is 3. The van der Waals surface area contributed by atoms with Crippen LogP contribution in [-0.2, 0) is 16.0 Å². The van der Waals surface area contributed by atoms with Gasteiger partial charge in [-0.15, -0.1) is 0 Å². The van der Waals surface area contributed by atoms with Gasteiger partial charge in [0.05, 0.1) is 39.6 Å². The normalized spacial score (nSPS) is 14.1. The fourth-order valence-corrected chi connectivity index (χ4v) is 4.59. The Hall–Kier alpha value is -3.75. The molecule has 9 heteroatoms. The SMILES string of the molecule is COc1cc2c(c(OC)c1OC)-c1ccc(NCC(=O)NCCC(C)C)c(=O)cc1[C@H](NC(C)=O)CC2. The molecule has 0 aromatic heterocycles. The summed E-state index contributed by atoms with van der Waals surface area (Å²) in [6.45, 7) is 6.20. The van der Waals surface area contributed by atoms with Gasteiger partial charge in [0.25, 0.3) is 0 Å². The highest BCUT2D eigenvalue weighted by Crippen LogP contribution is 2.50. The second-order valence-corrected chi connectivity index (χ2v) is 9.48. The molecule has 2 amide bonds. The highest BCUT2D eigenvalue weighted by molar-refractivity contribution is 5.84. The maximum Gasteiger partial charge on any atom is 0.239 e. The molecule has 0 bridgehead atoms. The van der Waals surface area contributed by atoms with E-state index in [1.54, 1.807) is 27.4 Å². The van der Waals surface area contributed by atoms with Crippen molar-refractivity contribution in [2.24, 2.45) is 5.92 Å². The highest BCUT2D eigenvalue weighted by atomic mass is 16.5. The quantitative estimate of drug-likeness (QED) is 0.448. The van der Waals surface area contributed by atoms with Crippen molar-refractivity contribution in [1.82, 2.24) is 10.6 Å². The molecule has 0 unspecified atom stereocenters. The van der Waals surface area contributed by atoms with Crippen LogP contribution < -0.4 is 35.6 Å². The zero-order chi connectivity index (χ0) is 27.1. The monoisotopic (exact) mass is 511 g/mol. The van der Waals surface area contributed by atoms with Gasteiger partial charge >= 0.3 is 0 Å². The maximum absolute atomic E-state index is 13.3. The largest absolute Gasteiger partial charge is 0.493 e. The predicted octanol–water partition coefficient (Wildman–Crippen LogP) is 3.44. The number of benzene rings is 1. The number of rotatable bonds is 10. The van der Waals surface area contributed by atoms with Crippen LogP contribution in [0.15, 0.2) is 29.1 Å². The van der Waals surface area contributed by atoms with Crippen LogP contribution in [0, 0.1) is 5.92 Å². The summed E-state index contributed by atoms with van der Waals surface area (Å²) in [6, 6.07) is 6.53. The van der Waals surface area contributed by atoms with Crippen molar-refractivity contribution in [3.05, 3.63) is 45.6 Å². The van der Waals surface area contributed by atoms with Crippen LogP contribution >= 0.6 is 0 Å². The molecule has 2 aromatic carbocycles. The number of carbonyl (C=O) groups excluding carboxylic acids is 2. The van der Waals surface area contributed by atoms with Crippen LogP contribution in [0.4, 0.5) is 5.69 Å². The Morgan fingerprint density at radius 2 is 1.78 bits per heavy atom. The Morgan fingerprint density at radius 3 is 2.41 bits per heavy atom. The first-order chi connectivity index (χ1) is 17.7. The second-order valence-electron chi connectivity index (χ2n) is 9.48. The van der Waals surface area contributed by atoms with Crippen molar-refractivity contribution >= 4 is 17.5 Å². The summed E-state index contributed by atoms with van der Waals surface area (Å²) in [5, 5.41) is 8.82. The molecular weight excluding hydrogens is 474 g/mol. The molecular formula is C28H37N3O6. The third kappa shape index (κ3) is 6.53. The lowest BCUT2D eigenvalue weighted by Crippen LogP contribution is -2.32. The van der Waals surface area contributed by atoms with E-state index in [2.05, 4.69) is 29.8 Å². The van der Waals surface area contributed by atoms with Gasteiger partial charge in [0, 0.05) is 19.0 Å². The van der Waals surface area contributed by atoms with Gasteiger partial charge in [0.2, 0.25) is 23.0 Å². The summed E-state index contributed by atoms with van der Waals surface area (Å²) in [5.74, 6) is 1.57.